The lowest BCUT2D eigenvalue weighted by Gasteiger charge is -2.19. The van der Waals surface area contributed by atoms with E-state index in [2.05, 4.69) is 27.7 Å². The Balaban J connectivity index is 3.43. The Morgan fingerprint density at radius 1 is 0.463 bits per heavy atom. The molecular weight excluding hydrogens is 508 g/mol. The second-order valence-electron chi connectivity index (χ2n) is 12.9. The predicted octanol–water partition coefficient (Wildman–Crippen LogP) is 11.9. The molecule has 0 bridgehead atoms. The van der Waals surface area contributed by atoms with Gasteiger partial charge in [-0.1, -0.05) is 169 Å². The number of rotatable bonds is 32. The number of carbonyl (C=O) groups excluding carboxylic acids is 2. The molecule has 244 valence electrons. The zero-order chi connectivity index (χ0) is 30.2. The monoisotopic (exact) mass is 581 g/mol. The van der Waals surface area contributed by atoms with Crippen molar-refractivity contribution in [1.82, 2.24) is 0 Å². The average Bonchev–Trinajstić information content (AvgIpc) is 2.95. The van der Waals surface area contributed by atoms with E-state index in [4.69, 9.17) is 9.47 Å². The van der Waals surface area contributed by atoms with Crippen LogP contribution >= 0.6 is 0 Å². The van der Waals surface area contributed by atoms with E-state index in [1.165, 1.54) is 128 Å². The van der Waals surface area contributed by atoms with Crippen molar-refractivity contribution in [3.8, 4) is 0 Å². The molecule has 0 aromatic rings. The van der Waals surface area contributed by atoms with Gasteiger partial charge in [0.15, 0.2) is 0 Å². The smallest absolute Gasteiger partial charge is 0.309 e. The quantitative estimate of drug-likeness (QED) is 0.0586. The number of ether oxygens (including phenoxy) is 2. The third-order valence-electron chi connectivity index (χ3n) is 8.51. The lowest BCUT2D eigenvalue weighted by Crippen LogP contribution is -2.23. The maximum absolute atomic E-state index is 12.5. The van der Waals surface area contributed by atoms with Gasteiger partial charge >= 0.3 is 11.9 Å². The summed E-state index contributed by atoms with van der Waals surface area (Å²) in [6.45, 7) is 9.97. The number of hydrogen-bond donors (Lipinski definition) is 0. The van der Waals surface area contributed by atoms with Crippen molar-refractivity contribution in [1.29, 1.82) is 0 Å². The van der Waals surface area contributed by atoms with Crippen molar-refractivity contribution in [3.63, 3.8) is 0 Å². The zero-order valence-electron chi connectivity index (χ0n) is 28.3. The highest BCUT2D eigenvalue weighted by molar-refractivity contribution is 5.72. The van der Waals surface area contributed by atoms with Gasteiger partial charge in [-0.15, -0.1) is 0 Å². The van der Waals surface area contributed by atoms with Crippen LogP contribution in [0.15, 0.2) is 0 Å². The Labute approximate surface area is 256 Å². The van der Waals surface area contributed by atoms with Crippen LogP contribution in [0, 0.1) is 11.8 Å². The fourth-order valence-corrected chi connectivity index (χ4v) is 5.60. The molecule has 0 amide bonds. The van der Waals surface area contributed by atoms with E-state index in [0.29, 0.717) is 25.6 Å². The largest absolute Gasteiger partial charge is 0.466 e. The molecule has 41 heavy (non-hydrogen) atoms. The zero-order valence-corrected chi connectivity index (χ0v) is 28.3. The molecule has 1 unspecified atom stereocenters. The summed E-state index contributed by atoms with van der Waals surface area (Å²) in [5.41, 5.74) is 0. The van der Waals surface area contributed by atoms with E-state index in [0.717, 1.165) is 38.5 Å². The molecule has 0 radical (unpaired) electrons. The summed E-state index contributed by atoms with van der Waals surface area (Å²) in [6.07, 6.45) is 32.8. The van der Waals surface area contributed by atoms with Crippen LogP contribution in [0.25, 0.3) is 0 Å². The standard InChI is InChI=1S/C37H72O4/c1-5-7-9-24-28-32-40-36(38)31-27-23-21-19-17-15-13-11-12-14-16-18-20-22-26-30-35(34(3)4)37(39)41-33-29-25-10-8-6-2/h34-35H,5-33H2,1-4H3. The Morgan fingerprint density at radius 3 is 1.27 bits per heavy atom. The van der Waals surface area contributed by atoms with Crippen LogP contribution in [-0.4, -0.2) is 25.2 Å². The maximum Gasteiger partial charge on any atom is 0.309 e. The summed E-state index contributed by atoms with van der Waals surface area (Å²) >= 11 is 0. The van der Waals surface area contributed by atoms with Gasteiger partial charge in [0.25, 0.3) is 0 Å². The lowest BCUT2D eigenvalue weighted by molar-refractivity contribution is -0.150. The second kappa shape index (κ2) is 31.9. The highest BCUT2D eigenvalue weighted by atomic mass is 16.5. The molecule has 0 N–H and O–H groups in total. The molecular formula is C37H72O4. The first-order valence-electron chi connectivity index (χ1n) is 18.3. The van der Waals surface area contributed by atoms with Crippen LogP contribution in [0.1, 0.15) is 201 Å². The molecule has 0 rings (SSSR count). The van der Waals surface area contributed by atoms with Crippen molar-refractivity contribution in [2.75, 3.05) is 13.2 Å². The van der Waals surface area contributed by atoms with Crippen LogP contribution < -0.4 is 0 Å². The van der Waals surface area contributed by atoms with E-state index in [9.17, 15) is 9.59 Å². The first kappa shape index (κ1) is 39.9. The Morgan fingerprint density at radius 2 is 0.829 bits per heavy atom. The van der Waals surface area contributed by atoms with E-state index in [1.807, 2.05) is 0 Å². The van der Waals surface area contributed by atoms with Gasteiger partial charge in [-0.2, -0.15) is 0 Å². The van der Waals surface area contributed by atoms with E-state index in [1.54, 1.807) is 0 Å². The Hall–Kier alpha value is -1.06. The summed E-state index contributed by atoms with van der Waals surface area (Å²) in [5.74, 6) is 0.481. The molecule has 4 heteroatoms. The van der Waals surface area contributed by atoms with Crippen molar-refractivity contribution < 1.29 is 19.1 Å². The second-order valence-corrected chi connectivity index (χ2v) is 12.9. The molecule has 0 aromatic heterocycles. The minimum atomic E-state index is 0.000863. The minimum Gasteiger partial charge on any atom is -0.466 e. The Kier molecular flexibility index (Phi) is 31.0. The van der Waals surface area contributed by atoms with Gasteiger partial charge in [0.2, 0.25) is 0 Å². The molecule has 0 heterocycles. The molecule has 0 saturated carbocycles. The summed E-state index contributed by atoms with van der Waals surface area (Å²) in [5, 5.41) is 0. The minimum absolute atomic E-state index is 0.000863. The molecule has 0 fully saturated rings. The lowest BCUT2D eigenvalue weighted by atomic mass is 9.90. The molecule has 4 nitrogen and oxygen atoms in total. The number of esters is 2. The normalized spacial score (nSPS) is 12.1. The van der Waals surface area contributed by atoms with Crippen LogP contribution in [0.2, 0.25) is 0 Å². The van der Waals surface area contributed by atoms with E-state index >= 15 is 0 Å². The topological polar surface area (TPSA) is 52.6 Å². The van der Waals surface area contributed by atoms with Crippen LogP contribution in [0.3, 0.4) is 0 Å². The number of carbonyl (C=O) groups is 2. The van der Waals surface area contributed by atoms with Gasteiger partial charge in [-0.25, -0.2) is 0 Å². The Bertz CT molecular complexity index is 559. The summed E-state index contributed by atoms with van der Waals surface area (Å²) in [6, 6.07) is 0. The van der Waals surface area contributed by atoms with Crippen molar-refractivity contribution in [2.45, 2.75) is 201 Å². The predicted molar refractivity (Wildman–Crippen MR) is 176 cm³/mol. The van der Waals surface area contributed by atoms with Crippen molar-refractivity contribution in [3.05, 3.63) is 0 Å². The summed E-state index contributed by atoms with van der Waals surface area (Å²) in [7, 11) is 0. The highest BCUT2D eigenvalue weighted by Crippen LogP contribution is 2.22. The van der Waals surface area contributed by atoms with Crippen LogP contribution in [0.5, 0.6) is 0 Å². The average molecular weight is 581 g/mol. The molecule has 0 aromatic carbocycles. The molecule has 0 aliphatic carbocycles. The summed E-state index contributed by atoms with van der Waals surface area (Å²) < 4.78 is 10.9. The number of unbranched alkanes of at least 4 members (excludes halogenated alkanes) is 22. The molecule has 1 atom stereocenters. The van der Waals surface area contributed by atoms with Crippen LogP contribution in [-0.2, 0) is 19.1 Å². The molecule has 0 saturated heterocycles. The first-order chi connectivity index (χ1) is 20.0. The van der Waals surface area contributed by atoms with Crippen molar-refractivity contribution >= 4 is 11.9 Å². The van der Waals surface area contributed by atoms with Crippen molar-refractivity contribution in [2.24, 2.45) is 11.8 Å². The third-order valence-corrected chi connectivity index (χ3v) is 8.51. The van der Waals surface area contributed by atoms with E-state index < -0.39 is 0 Å². The fourth-order valence-electron chi connectivity index (χ4n) is 5.60. The first-order valence-corrected chi connectivity index (χ1v) is 18.3. The van der Waals surface area contributed by atoms with Gasteiger partial charge in [-0.3, -0.25) is 9.59 Å². The molecule has 0 aliphatic heterocycles. The maximum atomic E-state index is 12.5. The highest BCUT2D eigenvalue weighted by Gasteiger charge is 2.23. The third kappa shape index (κ3) is 28.8. The fraction of sp³-hybridized carbons (Fsp3) is 0.946. The van der Waals surface area contributed by atoms with Gasteiger partial charge < -0.3 is 9.47 Å². The van der Waals surface area contributed by atoms with Gasteiger partial charge in [-0.05, 0) is 31.6 Å². The van der Waals surface area contributed by atoms with Gasteiger partial charge in [0.1, 0.15) is 0 Å². The summed E-state index contributed by atoms with van der Waals surface area (Å²) in [4.78, 5) is 24.3. The van der Waals surface area contributed by atoms with Gasteiger partial charge in [0, 0.05) is 6.42 Å². The molecule has 0 spiro atoms. The van der Waals surface area contributed by atoms with Gasteiger partial charge in [0.05, 0.1) is 19.1 Å². The SMILES string of the molecule is CCCCCCCOC(=O)CCCCCCCCCCCCCCCCCC(C(=O)OCCCCCCC)C(C)C. The molecule has 0 aliphatic rings. The van der Waals surface area contributed by atoms with Crippen LogP contribution in [0.4, 0.5) is 0 Å². The number of hydrogen-bond acceptors (Lipinski definition) is 4. The van der Waals surface area contributed by atoms with E-state index in [-0.39, 0.29) is 17.9 Å².